The molecule has 25 heavy (non-hydrogen) atoms. The van der Waals surface area contributed by atoms with Crippen LogP contribution in [0.1, 0.15) is 21.9 Å². The number of rotatable bonds is 5. The van der Waals surface area contributed by atoms with Crippen LogP contribution in [0, 0.1) is 0 Å². The third kappa shape index (κ3) is 4.44. The van der Waals surface area contributed by atoms with E-state index in [1.54, 1.807) is 18.3 Å². The number of carbonyl (C=O) groups is 1. The van der Waals surface area contributed by atoms with Gasteiger partial charge in [0.1, 0.15) is 11.5 Å². The Bertz CT molecular complexity index is 835. The highest BCUT2D eigenvalue weighted by Crippen LogP contribution is 2.09. The smallest absolute Gasteiger partial charge is 0.271 e. The molecular weight excluding hydrogens is 342 g/mol. The van der Waals surface area contributed by atoms with Gasteiger partial charge in [-0.3, -0.25) is 4.79 Å². The summed E-state index contributed by atoms with van der Waals surface area (Å²) in [5.74, 6) is 0.725. The van der Waals surface area contributed by atoms with Gasteiger partial charge in [-0.15, -0.1) is 0 Å². The van der Waals surface area contributed by atoms with Gasteiger partial charge in [0.15, 0.2) is 0 Å². The van der Waals surface area contributed by atoms with Crippen molar-refractivity contribution in [3.05, 3.63) is 47.5 Å². The molecule has 0 radical (unpaired) electrons. The Kier molecular flexibility index (Phi) is 5.16. The average Bonchev–Trinajstić information content (AvgIpc) is 2.85. The molecule has 0 bridgehead atoms. The Morgan fingerprint density at radius 3 is 2.76 bits per heavy atom. The predicted molar refractivity (Wildman–Crippen MR) is 92.7 cm³/mol. The number of imidazole rings is 1. The summed E-state index contributed by atoms with van der Waals surface area (Å²) in [5, 5.41) is 11.2. The number of benzene rings is 1. The minimum atomic E-state index is -3.68. The number of sulfonamides is 1. The highest BCUT2D eigenvalue weighted by Gasteiger charge is 2.15. The van der Waals surface area contributed by atoms with E-state index in [1.165, 1.54) is 12.1 Å². The molecule has 4 N–H and O–H groups in total. The van der Waals surface area contributed by atoms with E-state index in [1.807, 2.05) is 4.57 Å². The summed E-state index contributed by atoms with van der Waals surface area (Å²) in [7, 11) is -3.68. The van der Waals surface area contributed by atoms with Gasteiger partial charge >= 0.3 is 0 Å². The first kappa shape index (κ1) is 17.6. The lowest BCUT2D eigenvalue weighted by Gasteiger charge is -2.05. The number of carbonyl (C=O) groups excluding carboxylic acids is 1. The Labute approximate surface area is 146 Å². The van der Waals surface area contributed by atoms with Gasteiger partial charge in [-0.2, -0.15) is 0 Å². The molecule has 0 atom stereocenters. The van der Waals surface area contributed by atoms with E-state index in [0.29, 0.717) is 18.7 Å². The van der Waals surface area contributed by atoms with Gasteiger partial charge in [0.05, 0.1) is 4.90 Å². The van der Waals surface area contributed by atoms with Crippen molar-refractivity contribution >= 4 is 15.9 Å². The van der Waals surface area contributed by atoms with Crippen LogP contribution in [-0.2, 0) is 29.4 Å². The molecule has 134 valence electrons. The Morgan fingerprint density at radius 2 is 2.04 bits per heavy atom. The van der Waals surface area contributed by atoms with Crippen molar-refractivity contribution in [1.29, 1.82) is 0 Å². The van der Waals surface area contributed by atoms with Crippen molar-refractivity contribution in [1.82, 2.24) is 20.2 Å². The number of aromatic nitrogens is 2. The molecule has 1 amide bonds. The molecule has 2 heterocycles. The minimum absolute atomic E-state index is 0.0780. The topological polar surface area (TPSA) is 119 Å². The largest absolute Gasteiger partial charge is 0.350 e. The summed E-state index contributed by atoms with van der Waals surface area (Å²) in [6.45, 7) is 2.99. The molecule has 1 aromatic carbocycles. The van der Waals surface area contributed by atoms with Gasteiger partial charge in [-0.25, -0.2) is 18.5 Å². The van der Waals surface area contributed by atoms with Crippen LogP contribution < -0.4 is 15.8 Å². The van der Waals surface area contributed by atoms with Crippen LogP contribution in [0.2, 0.25) is 0 Å². The van der Waals surface area contributed by atoms with Gasteiger partial charge in [-0.1, -0.05) is 12.1 Å². The number of fused-ring (bicyclic) bond motifs is 1. The van der Waals surface area contributed by atoms with Crippen LogP contribution in [0.15, 0.2) is 35.4 Å². The summed E-state index contributed by atoms with van der Waals surface area (Å²) in [5.41, 5.74) is 1.35. The van der Waals surface area contributed by atoms with Crippen molar-refractivity contribution in [2.75, 3.05) is 19.6 Å². The molecule has 2 aromatic rings. The lowest BCUT2D eigenvalue weighted by Crippen LogP contribution is -2.26. The second-order valence-corrected chi connectivity index (χ2v) is 7.49. The molecule has 0 saturated heterocycles. The summed E-state index contributed by atoms with van der Waals surface area (Å²) in [6.07, 6.45) is 3.19. The zero-order chi connectivity index (χ0) is 17.9. The number of nitrogens with one attached hydrogen (secondary N) is 2. The maximum atomic E-state index is 12.2. The third-order valence-electron chi connectivity index (χ3n) is 4.10. The van der Waals surface area contributed by atoms with Crippen LogP contribution in [0.5, 0.6) is 0 Å². The third-order valence-corrected chi connectivity index (χ3v) is 5.03. The zero-order valence-electron chi connectivity index (χ0n) is 13.7. The zero-order valence-corrected chi connectivity index (χ0v) is 14.6. The normalized spacial score (nSPS) is 14.6. The van der Waals surface area contributed by atoms with Gasteiger partial charge in [-0.05, 0) is 24.1 Å². The van der Waals surface area contributed by atoms with E-state index in [0.717, 1.165) is 37.4 Å². The van der Waals surface area contributed by atoms with Crippen LogP contribution in [0.3, 0.4) is 0 Å². The van der Waals surface area contributed by atoms with Crippen molar-refractivity contribution in [2.45, 2.75) is 24.3 Å². The van der Waals surface area contributed by atoms with Crippen LogP contribution in [0.4, 0.5) is 0 Å². The molecule has 1 aromatic heterocycles. The first-order valence-corrected chi connectivity index (χ1v) is 9.65. The fourth-order valence-electron chi connectivity index (χ4n) is 2.74. The summed E-state index contributed by atoms with van der Waals surface area (Å²) >= 11 is 0. The van der Waals surface area contributed by atoms with Gasteiger partial charge in [0, 0.05) is 38.8 Å². The standard InChI is InChI=1S/C16H21N5O3S/c17-25(23,24)13-3-1-12(2-4-13)5-8-19-16(22)14-11-21-10-9-18-7-6-15(21)20-14/h1-4,11,18H,5-10H2,(H,19,22)(H2,17,23,24). The number of primary sulfonamides is 1. The average molecular weight is 363 g/mol. The van der Waals surface area contributed by atoms with Crippen LogP contribution >= 0.6 is 0 Å². The number of nitrogens with zero attached hydrogens (tertiary/aromatic N) is 2. The lowest BCUT2D eigenvalue weighted by atomic mass is 10.1. The molecule has 0 unspecified atom stereocenters. The van der Waals surface area contributed by atoms with Gasteiger partial charge in [0.2, 0.25) is 10.0 Å². The highest BCUT2D eigenvalue weighted by molar-refractivity contribution is 7.89. The maximum absolute atomic E-state index is 12.2. The van der Waals surface area contributed by atoms with E-state index in [2.05, 4.69) is 15.6 Å². The van der Waals surface area contributed by atoms with Crippen molar-refractivity contribution < 1.29 is 13.2 Å². The first-order chi connectivity index (χ1) is 11.9. The number of nitrogens with two attached hydrogens (primary N) is 1. The molecule has 3 rings (SSSR count). The van der Waals surface area contributed by atoms with Crippen molar-refractivity contribution in [2.24, 2.45) is 5.14 Å². The predicted octanol–water partition coefficient (Wildman–Crippen LogP) is -0.351. The van der Waals surface area contributed by atoms with E-state index >= 15 is 0 Å². The number of hydrogen-bond donors (Lipinski definition) is 3. The van der Waals surface area contributed by atoms with Crippen molar-refractivity contribution in [3.63, 3.8) is 0 Å². The van der Waals surface area contributed by atoms with Gasteiger partial charge < -0.3 is 15.2 Å². The second kappa shape index (κ2) is 7.34. The molecular formula is C16H21N5O3S. The molecule has 8 nitrogen and oxygen atoms in total. The minimum Gasteiger partial charge on any atom is -0.350 e. The molecule has 0 spiro atoms. The fraction of sp³-hybridized carbons (Fsp3) is 0.375. The second-order valence-electron chi connectivity index (χ2n) is 5.93. The lowest BCUT2D eigenvalue weighted by molar-refractivity contribution is 0.0949. The summed E-state index contributed by atoms with van der Waals surface area (Å²) < 4.78 is 24.4. The number of hydrogen-bond acceptors (Lipinski definition) is 5. The molecule has 0 fully saturated rings. The Hall–Kier alpha value is -2.23. The Morgan fingerprint density at radius 1 is 1.28 bits per heavy atom. The van der Waals surface area contributed by atoms with E-state index < -0.39 is 10.0 Å². The van der Waals surface area contributed by atoms with E-state index in [-0.39, 0.29) is 10.8 Å². The monoisotopic (exact) mass is 363 g/mol. The van der Waals surface area contributed by atoms with E-state index in [9.17, 15) is 13.2 Å². The molecule has 1 aliphatic heterocycles. The molecule has 0 saturated carbocycles. The van der Waals surface area contributed by atoms with Gasteiger partial charge in [0.25, 0.3) is 5.91 Å². The summed E-state index contributed by atoms with van der Waals surface area (Å²) in [4.78, 5) is 16.7. The van der Waals surface area contributed by atoms with Crippen molar-refractivity contribution in [3.8, 4) is 0 Å². The fourth-order valence-corrected chi connectivity index (χ4v) is 3.25. The number of amides is 1. The first-order valence-electron chi connectivity index (χ1n) is 8.10. The molecule has 1 aliphatic rings. The maximum Gasteiger partial charge on any atom is 0.271 e. The Balaban J connectivity index is 1.54. The van der Waals surface area contributed by atoms with E-state index in [4.69, 9.17) is 5.14 Å². The van der Waals surface area contributed by atoms with Crippen LogP contribution in [0.25, 0.3) is 0 Å². The molecule has 9 heteroatoms. The molecule has 0 aliphatic carbocycles. The SMILES string of the molecule is NS(=O)(=O)c1ccc(CCNC(=O)c2cn3c(n2)CCNCC3)cc1. The summed E-state index contributed by atoms with van der Waals surface area (Å²) in [6, 6.07) is 6.31. The quantitative estimate of drug-likeness (QED) is 0.671. The highest BCUT2D eigenvalue weighted by atomic mass is 32.2. The van der Waals surface area contributed by atoms with Crippen LogP contribution in [-0.4, -0.2) is 43.5 Å².